The second kappa shape index (κ2) is 15.5. The zero-order valence-corrected chi connectivity index (χ0v) is 23.2. The minimum Gasteiger partial charge on any atom is -0.480 e. The maximum Gasteiger partial charge on any atom is 0.322 e. The van der Waals surface area contributed by atoms with Crippen LogP contribution in [0.2, 0.25) is 0 Å². The highest BCUT2D eigenvalue weighted by atomic mass is 16.4. The first-order chi connectivity index (χ1) is 19.3. The van der Waals surface area contributed by atoms with Gasteiger partial charge < -0.3 is 42.3 Å². The minimum absolute atomic E-state index is 0.0596. The van der Waals surface area contributed by atoms with E-state index in [1.165, 1.54) is 18.7 Å². The molecule has 1 heterocycles. The van der Waals surface area contributed by atoms with E-state index in [0.29, 0.717) is 12.8 Å². The predicted octanol–water partition coefficient (Wildman–Crippen LogP) is -3.15. The maximum atomic E-state index is 13.1. The van der Waals surface area contributed by atoms with Crippen molar-refractivity contribution >= 4 is 47.3 Å². The number of carboxylic acid groups (broad SMARTS) is 1. The van der Waals surface area contributed by atoms with E-state index in [4.69, 9.17) is 10.8 Å². The topological polar surface area (TPSA) is 246 Å². The molecule has 228 valence electrons. The fourth-order valence-corrected chi connectivity index (χ4v) is 5.19. The molecular formula is C25H39N7O9. The van der Waals surface area contributed by atoms with Crippen LogP contribution in [0.1, 0.15) is 58.8 Å². The Bertz CT molecular complexity index is 1050. The molecule has 7 amide bonds. The summed E-state index contributed by atoms with van der Waals surface area (Å²) >= 11 is 0. The van der Waals surface area contributed by atoms with Crippen molar-refractivity contribution in [2.75, 3.05) is 19.6 Å². The highest BCUT2D eigenvalue weighted by molar-refractivity contribution is 5.95. The van der Waals surface area contributed by atoms with E-state index in [-0.39, 0.29) is 24.8 Å². The van der Waals surface area contributed by atoms with Crippen LogP contribution in [0, 0.1) is 5.92 Å². The van der Waals surface area contributed by atoms with Gasteiger partial charge in [-0.05, 0) is 38.5 Å². The molecule has 2 unspecified atom stereocenters. The van der Waals surface area contributed by atoms with E-state index in [0.717, 1.165) is 19.3 Å². The predicted molar refractivity (Wildman–Crippen MR) is 141 cm³/mol. The summed E-state index contributed by atoms with van der Waals surface area (Å²) in [4.78, 5) is 97.6. The van der Waals surface area contributed by atoms with E-state index in [1.54, 1.807) is 0 Å². The number of hydrogen-bond acceptors (Lipinski definition) is 8. The molecule has 1 aliphatic heterocycles. The number of likely N-dealkylation sites (tertiary alicyclic amines) is 1. The molecule has 0 aromatic heterocycles. The van der Waals surface area contributed by atoms with Crippen molar-refractivity contribution in [1.82, 2.24) is 31.5 Å². The molecule has 16 nitrogen and oxygen atoms in total. The van der Waals surface area contributed by atoms with Crippen LogP contribution >= 0.6 is 0 Å². The van der Waals surface area contributed by atoms with Crippen LogP contribution in [0.5, 0.6) is 0 Å². The number of hydrogen-bond donors (Lipinski definition) is 7. The standard InChI is InChI=1S/C25H39N7O9/c1-13(30-20(35)10-27-24(40)16(31-14(2)33)7-8-19(26)34)23(39)28-11-21(36)32-17-6-4-3-5-15(17)9-18(32)25(41)29-12-22(37)38/h13,15-18H,3-12H2,1-2H3,(H2,26,34)(H,27,40)(H,28,39)(H,29,41)(H,30,35)(H,31,33)(H,37,38)/t13?,15-,16-,17?,18-/m0/s1. The number of fused-ring (bicyclic) bond motifs is 1. The molecule has 2 fully saturated rings. The van der Waals surface area contributed by atoms with Gasteiger partial charge in [-0.25, -0.2) is 0 Å². The summed E-state index contributed by atoms with van der Waals surface area (Å²) < 4.78 is 0. The molecule has 0 aromatic rings. The quantitative estimate of drug-likeness (QED) is 0.109. The lowest BCUT2D eigenvalue weighted by molar-refractivity contribution is -0.142. The number of nitrogens with one attached hydrogen (secondary N) is 5. The summed E-state index contributed by atoms with van der Waals surface area (Å²) in [6.07, 6.45) is 3.61. The highest BCUT2D eigenvalue weighted by Gasteiger charge is 2.47. The summed E-state index contributed by atoms with van der Waals surface area (Å²) in [6, 6.07) is -3.18. The smallest absolute Gasteiger partial charge is 0.322 e. The van der Waals surface area contributed by atoms with E-state index >= 15 is 0 Å². The lowest BCUT2D eigenvalue weighted by Crippen LogP contribution is -2.54. The monoisotopic (exact) mass is 581 g/mol. The van der Waals surface area contributed by atoms with Gasteiger partial charge in [-0.3, -0.25) is 38.4 Å². The number of amides is 7. The SMILES string of the molecule is CC(=O)N[C@@H](CCC(N)=O)C(=O)NCC(=O)NC(C)C(=O)NCC(=O)N1C2CCCC[C@H]2C[C@H]1C(=O)NCC(=O)O. The molecule has 0 radical (unpaired) electrons. The largest absolute Gasteiger partial charge is 0.480 e. The van der Waals surface area contributed by atoms with Gasteiger partial charge in [0, 0.05) is 19.4 Å². The van der Waals surface area contributed by atoms with Crippen molar-refractivity contribution in [3.63, 3.8) is 0 Å². The van der Waals surface area contributed by atoms with Crippen LogP contribution in [0.3, 0.4) is 0 Å². The van der Waals surface area contributed by atoms with Crippen LogP contribution in [0.15, 0.2) is 0 Å². The van der Waals surface area contributed by atoms with Crippen molar-refractivity contribution in [1.29, 1.82) is 0 Å². The van der Waals surface area contributed by atoms with Crippen LogP contribution < -0.4 is 32.3 Å². The lowest BCUT2D eigenvalue weighted by Gasteiger charge is -2.33. The Labute approximate surface area is 236 Å². The van der Waals surface area contributed by atoms with Gasteiger partial charge in [0.1, 0.15) is 24.7 Å². The van der Waals surface area contributed by atoms with Gasteiger partial charge in [0.05, 0.1) is 13.1 Å². The van der Waals surface area contributed by atoms with Crippen molar-refractivity contribution in [2.45, 2.75) is 83.0 Å². The molecular weight excluding hydrogens is 542 g/mol. The molecule has 8 N–H and O–H groups in total. The number of primary amides is 1. The molecule has 0 bridgehead atoms. The molecule has 0 aromatic carbocycles. The van der Waals surface area contributed by atoms with Gasteiger partial charge in [0.2, 0.25) is 41.4 Å². The van der Waals surface area contributed by atoms with Crippen molar-refractivity contribution in [2.24, 2.45) is 11.7 Å². The molecule has 16 heteroatoms. The van der Waals surface area contributed by atoms with E-state index in [2.05, 4.69) is 26.6 Å². The number of aliphatic carboxylic acids is 1. The maximum absolute atomic E-state index is 13.1. The summed E-state index contributed by atoms with van der Waals surface area (Å²) in [7, 11) is 0. The van der Waals surface area contributed by atoms with E-state index in [9.17, 15) is 38.4 Å². The summed E-state index contributed by atoms with van der Waals surface area (Å²) in [5.74, 6) is -5.43. The number of nitrogens with zero attached hydrogens (tertiary/aromatic N) is 1. The number of nitrogens with two attached hydrogens (primary N) is 1. The molecule has 41 heavy (non-hydrogen) atoms. The zero-order chi connectivity index (χ0) is 30.7. The summed E-state index contributed by atoms with van der Waals surface area (Å²) in [5, 5.41) is 20.7. The van der Waals surface area contributed by atoms with Crippen LogP contribution in [-0.4, -0.2) is 101 Å². The molecule has 1 aliphatic carbocycles. The third kappa shape index (κ3) is 10.3. The zero-order valence-electron chi connectivity index (χ0n) is 23.2. The number of carboxylic acids is 1. The van der Waals surface area contributed by atoms with Gasteiger partial charge in [0.15, 0.2) is 0 Å². The average Bonchev–Trinajstić information content (AvgIpc) is 3.30. The third-order valence-corrected chi connectivity index (χ3v) is 7.07. The first kappa shape index (κ1) is 33.0. The highest BCUT2D eigenvalue weighted by Crippen LogP contribution is 2.39. The first-order valence-electron chi connectivity index (χ1n) is 13.5. The van der Waals surface area contributed by atoms with Crippen LogP contribution in [-0.2, 0) is 38.4 Å². The molecule has 0 spiro atoms. The molecule has 1 saturated carbocycles. The van der Waals surface area contributed by atoms with Crippen LogP contribution in [0.25, 0.3) is 0 Å². The Balaban J connectivity index is 1.88. The van der Waals surface area contributed by atoms with Crippen molar-refractivity contribution in [3.8, 4) is 0 Å². The Kier molecular flexibility index (Phi) is 12.5. The van der Waals surface area contributed by atoms with Crippen molar-refractivity contribution in [3.05, 3.63) is 0 Å². The molecule has 1 saturated heterocycles. The van der Waals surface area contributed by atoms with Gasteiger partial charge >= 0.3 is 5.97 Å². The number of rotatable bonds is 14. The molecule has 5 atom stereocenters. The van der Waals surface area contributed by atoms with Gasteiger partial charge in [-0.1, -0.05) is 12.8 Å². The normalized spacial score (nSPS) is 20.9. The molecule has 2 aliphatic rings. The average molecular weight is 582 g/mol. The van der Waals surface area contributed by atoms with Gasteiger partial charge in [0.25, 0.3) is 0 Å². The Morgan fingerprint density at radius 1 is 0.902 bits per heavy atom. The first-order valence-corrected chi connectivity index (χ1v) is 13.5. The number of carbonyl (C=O) groups is 8. The van der Waals surface area contributed by atoms with Crippen LogP contribution in [0.4, 0.5) is 0 Å². The third-order valence-electron chi connectivity index (χ3n) is 7.07. The summed E-state index contributed by atoms with van der Waals surface area (Å²) in [5.41, 5.74) is 5.08. The second-order valence-electron chi connectivity index (χ2n) is 10.3. The Morgan fingerprint density at radius 2 is 1.56 bits per heavy atom. The fourth-order valence-electron chi connectivity index (χ4n) is 5.19. The van der Waals surface area contributed by atoms with E-state index in [1.807, 2.05) is 0 Å². The van der Waals surface area contributed by atoms with Gasteiger partial charge in [-0.15, -0.1) is 0 Å². The van der Waals surface area contributed by atoms with E-state index < -0.39 is 85.1 Å². The van der Waals surface area contributed by atoms with Crippen molar-refractivity contribution < 1.29 is 43.5 Å². The number of carbonyl (C=O) groups excluding carboxylic acids is 7. The minimum atomic E-state index is -1.20. The fraction of sp³-hybridized carbons (Fsp3) is 0.680. The second-order valence-corrected chi connectivity index (χ2v) is 10.3. The van der Waals surface area contributed by atoms with Gasteiger partial charge in [-0.2, -0.15) is 0 Å². The Hall–Kier alpha value is -4.24. The molecule has 2 rings (SSSR count). The summed E-state index contributed by atoms with van der Waals surface area (Å²) in [6.45, 7) is 1.05. The Morgan fingerprint density at radius 3 is 2.20 bits per heavy atom. The lowest BCUT2D eigenvalue weighted by atomic mass is 9.84.